The largest absolute Gasteiger partial charge is 0.490 e. The van der Waals surface area contributed by atoms with Crippen molar-refractivity contribution < 1.29 is 37.1 Å². The molecule has 13 nitrogen and oxygen atoms in total. The van der Waals surface area contributed by atoms with E-state index in [0.717, 1.165) is 18.6 Å². The fourth-order valence-electron chi connectivity index (χ4n) is 7.13. The molecule has 282 valence electrons. The summed E-state index contributed by atoms with van der Waals surface area (Å²) >= 11 is 0. The summed E-state index contributed by atoms with van der Waals surface area (Å²) in [5.74, 6) is -1.81. The highest BCUT2D eigenvalue weighted by atomic mass is 32.2. The van der Waals surface area contributed by atoms with Crippen LogP contribution in [-0.2, 0) is 33.9 Å². The molecule has 3 amide bonds. The average Bonchev–Trinajstić information content (AvgIpc) is 3.97. The van der Waals surface area contributed by atoms with E-state index in [0.29, 0.717) is 32.4 Å². The molecule has 0 unspecified atom stereocenters. The Morgan fingerprint density at radius 1 is 1.02 bits per heavy atom. The van der Waals surface area contributed by atoms with Crippen molar-refractivity contribution in [1.29, 1.82) is 0 Å². The van der Waals surface area contributed by atoms with Crippen LogP contribution < -0.4 is 20.1 Å². The van der Waals surface area contributed by atoms with E-state index in [-0.39, 0.29) is 37.6 Å². The Balaban J connectivity index is 1.34. The Labute approximate surface area is 302 Å². The minimum Gasteiger partial charge on any atom is -0.490 e. The van der Waals surface area contributed by atoms with Crippen LogP contribution in [0.5, 0.6) is 5.75 Å². The Morgan fingerprint density at radius 3 is 2.22 bits per heavy atom. The molecule has 5 rings (SSSR count). The highest BCUT2D eigenvalue weighted by Gasteiger charge is 2.62. The molecule has 5 atom stereocenters. The first-order valence-electron chi connectivity index (χ1n) is 18.0. The van der Waals surface area contributed by atoms with E-state index in [9.17, 15) is 27.6 Å². The van der Waals surface area contributed by atoms with Gasteiger partial charge in [-0.3, -0.25) is 34.1 Å². The first-order chi connectivity index (χ1) is 23.8. The lowest BCUT2D eigenvalue weighted by molar-refractivity contribution is -0.154. The Morgan fingerprint density at radius 2 is 1.67 bits per heavy atom. The third kappa shape index (κ3) is 9.50. The summed E-state index contributed by atoms with van der Waals surface area (Å²) in [7, 11) is -3.85. The molecule has 2 aliphatic carbocycles. The molecule has 0 radical (unpaired) electrons. The topological polar surface area (TPSA) is 163 Å². The van der Waals surface area contributed by atoms with Crippen LogP contribution in [0.4, 0.5) is 0 Å². The van der Waals surface area contributed by atoms with E-state index < -0.39 is 67.6 Å². The second-order valence-corrected chi connectivity index (χ2v) is 18.5. The number of likely N-dealkylation sites (tertiary alicyclic amines) is 2. The molecule has 51 heavy (non-hydrogen) atoms. The van der Waals surface area contributed by atoms with E-state index in [1.807, 2.05) is 51.1 Å². The molecule has 0 spiro atoms. The van der Waals surface area contributed by atoms with Crippen molar-refractivity contribution in [3.8, 4) is 5.75 Å². The number of sulfonamides is 1. The molecule has 14 heteroatoms. The molecule has 1 aromatic carbocycles. The minimum atomic E-state index is -3.85. The third-order valence-corrected chi connectivity index (χ3v) is 12.0. The van der Waals surface area contributed by atoms with E-state index >= 15 is 0 Å². The number of benzene rings is 1. The summed E-state index contributed by atoms with van der Waals surface area (Å²) in [6.07, 6.45) is 4.63. The number of amides is 3. The molecule has 2 heterocycles. The molecule has 2 saturated carbocycles. The van der Waals surface area contributed by atoms with Gasteiger partial charge >= 0.3 is 5.97 Å². The van der Waals surface area contributed by atoms with Crippen molar-refractivity contribution in [3.05, 3.63) is 43.0 Å². The smallest absolute Gasteiger partial charge is 0.320 e. The van der Waals surface area contributed by atoms with Gasteiger partial charge in [0.05, 0.1) is 17.8 Å². The summed E-state index contributed by atoms with van der Waals surface area (Å²) in [5.41, 5.74) is -2.82. The van der Waals surface area contributed by atoms with Gasteiger partial charge in [-0.1, -0.05) is 45.0 Å². The van der Waals surface area contributed by atoms with Crippen LogP contribution in [0.15, 0.2) is 43.0 Å². The SMILES string of the molecule is C=C[C@@H]1C[C@]1(NC(=O)[C@@H]1C[C@@H](N2CCC(Oc3ccccc3)CC2)CN1C(=O)[C@@H](NCC(=O)OC(C)(C)C)C(C)(C)C)C(=O)NS(=O)(=O)C1CC1. The van der Waals surface area contributed by atoms with Gasteiger partial charge in [-0.05, 0) is 76.8 Å². The van der Waals surface area contributed by atoms with Gasteiger partial charge in [0.2, 0.25) is 21.8 Å². The Hall–Kier alpha value is -3.49. The summed E-state index contributed by atoms with van der Waals surface area (Å²) in [6.45, 7) is 16.2. The predicted octanol–water partition coefficient (Wildman–Crippen LogP) is 2.51. The zero-order chi connectivity index (χ0) is 37.4. The maximum Gasteiger partial charge on any atom is 0.320 e. The van der Waals surface area contributed by atoms with E-state index in [1.54, 1.807) is 31.7 Å². The summed E-state index contributed by atoms with van der Waals surface area (Å²) in [5, 5.41) is 5.37. The highest BCUT2D eigenvalue weighted by Crippen LogP contribution is 2.45. The van der Waals surface area contributed by atoms with Gasteiger partial charge < -0.3 is 19.7 Å². The Kier molecular flexibility index (Phi) is 11.3. The number of rotatable bonds is 13. The molecule has 0 aromatic heterocycles. The third-order valence-electron chi connectivity index (χ3n) is 10.1. The number of nitrogens with one attached hydrogen (secondary N) is 3. The summed E-state index contributed by atoms with van der Waals surface area (Å²) < 4.78 is 39.2. The standard InChI is InChI=1S/C37H55N5O8S/c1-8-24-21-37(24,34(46)40-51(47,48)28-14-15-28)39-32(44)29-20-25(41-18-16-27(17-19-41)49-26-12-10-9-11-13-26)23-42(29)33(45)31(35(2,3)4)38-22-30(43)50-36(5,6)7/h8-13,24-25,27-29,31,38H,1,14-23H2,2-7H3,(H,39,44)(H,40,46)/t24-,25-,29+,31-,37-/m1/s1. The zero-order valence-corrected chi connectivity index (χ0v) is 31.6. The van der Waals surface area contributed by atoms with Gasteiger partial charge in [0, 0.05) is 31.6 Å². The molecule has 0 bridgehead atoms. The van der Waals surface area contributed by atoms with Crippen molar-refractivity contribution in [2.75, 3.05) is 26.2 Å². The van der Waals surface area contributed by atoms with Crippen LogP contribution in [0.25, 0.3) is 0 Å². The number of hydrogen-bond donors (Lipinski definition) is 3. The van der Waals surface area contributed by atoms with Gasteiger partial charge in [-0.2, -0.15) is 0 Å². The maximum absolute atomic E-state index is 14.5. The number of ether oxygens (including phenoxy) is 2. The molecule has 1 aromatic rings. The van der Waals surface area contributed by atoms with Crippen molar-refractivity contribution in [2.45, 2.75) is 121 Å². The first kappa shape index (κ1) is 38.7. The minimum absolute atomic E-state index is 0.0419. The number of nitrogens with zero attached hydrogens (tertiary/aromatic N) is 2. The van der Waals surface area contributed by atoms with Crippen LogP contribution in [0, 0.1) is 11.3 Å². The number of para-hydroxylation sites is 1. The fourth-order valence-corrected chi connectivity index (χ4v) is 8.50. The summed E-state index contributed by atoms with van der Waals surface area (Å²) in [4.78, 5) is 58.7. The molecule has 2 saturated heterocycles. The Bertz CT molecular complexity index is 1580. The van der Waals surface area contributed by atoms with Crippen LogP contribution in [0.2, 0.25) is 0 Å². The van der Waals surface area contributed by atoms with E-state index in [2.05, 4.69) is 26.8 Å². The van der Waals surface area contributed by atoms with Crippen LogP contribution in [-0.4, -0.2) is 109 Å². The predicted molar refractivity (Wildman–Crippen MR) is 192 cm³/mol. The van der Waals surface area contributed by atoms with E-state index in [1.165, 1.54) is 0 Å². The van der Waals surface area contributed by atoms with Crippen LogP contribution >= 0.6 is 0 Å². The second-order valence-electron chi connectivity index (χ2n) is 16.5. The number of carbonyl (C=O) groups excluding carboxylic acids is 4. The van der Waals surface area contributed by atoms with Crippen molar-refractivity contribution in [2.24, 2.45) is 11.3 Å². The second kappa shape index (κ2) is 14.9. The molecule has 4 fully saturated rings. The lowest BCUT2D eigenvalue weighted by Crippen LogP contribution is -2.60. The lowest BCUT2D eigenvalue weighted by Gasteiger charge is -2.37. The van der Waals surface area contributed by atoms with Gasteiger partial charge in [-0.25, -0.2) is 8.42 Å². The van der Waals surface area contributed by atoms with Crippen molar-refractivity contribution in [3.63, 3.8) is 0 Å². The molecular weight excluding hydrogens is 675 g/mol. The average molecular weight is 730 g/mol. The van der Waals surface area contributed by atoms with Gasteiger partial charge in [0.15, 0.2) is 0 Å². The number of carbonyl (C=O) groups is 4. The highest BCUT2D eigenvalue weighted by molar-refractivity contribution is 7.91. The number of esters is 1. The monoisotopic (exact) mass is 729 g/mol. The quantitative estimate of drug-likeness (QED) is 0.203. The maximum atomic E-state index is 14.5. The first-order valence-corrected chi connectivity index (χ1v) is 19.6. The fraction of sp³-hybridized carbons (Fsp3) is 0.676. The van der Waals surface area contributed by atoms with Crippen molar-refractivity contribution >= 4 is 33.7 Å². The molecular formula is C37H55N5O8S. The van der Waals surface area contributed by atoms with Gasteiger partial charge in [0.1, 0.15) is 29.0 Å². The summed E-state index contributed by atoms with van der Waals surface area (Å²) in [6, 6.07) is 7.75. The van der Waals surface area contributed by atoms with Crippen LogP contribution in [0.1, 0.15) is 80.1 Å². The molecule has 3 N–H and O–H groups in total. The van der Waals surface area contributed by atoms with Gasteiger partial charge in [-0.15, -0.1) is 6.58 Å². The lowest BCUT2D eigenvalue weighted by atomic mass is 9.85. The van der Waals surface area contributed by atoms with E-state index in [4.69, 9.17) is 9.47 Å². The van der Waals surface area contributed by atoms with Crippen molar-refractivity contribution in [1.82, 2.24) is 25.2 Å². The number of piperidine rings is 1. The normalized spacial score (nSPS) is 26.5. The zero-order valence-electron chi connectivity index (χ0n) is 30.8. The van der Waals surface area contributed by atoms with Crippen LogP contribution in [0.3, 0.4) is 0 Å². The van der Waals surface area contributed by atoms with Gasteiger partial charge in [0.25, 0.3) is 5.91 Å². The molecule has 2 aliphatic heterocycles. The molecule has 4 aliphatic rings. The number of hydrogen-bond acceptors (Lipinski definition) is 10.